The van der Waals surface area contributed by atoms with E-state index in [-0.39, 0.29) is 0 Å². The molecule has 1 aliphatic carbocycles. The molecule has 0 saturated heterocycles. The molecule has 1 aromatic heterocycles. The molecule has 3 heteroatoms. The second kappa shape index (κ2) is 3.62. The smallest absolute Gasteiger partial charge is 0.0317 e. The molecule has 0 aliphatic heterocycles. The van der Waals surface area contributed by atoms with Crippen LogP contribution in [0.3, 0.4) is 0 Å². The Hall–Kier alpha value is 0.140. The number of hydrogen-bond acceptors (Lipinski definition) is 2. The van der Waals surface area contributed by atoms with Crippen LogP contribution in [-0.2, 0) is 0 Å². The van der Waals surface area contributed by atoms with Gasteiger partial charge in [0.05, 0.1) is 0 Å². The van der Waals surface area contributed by atoms with Gasteiger partial charge in [-0.3, -0.25) is 0 Å². The maximum absolute atomic E-state index is 3.63. The maximum Gasteiger partial charge on any atom is 0.0317 e. The zero-order chi connectivity index (χ0) is 10.3. The van der Waals surface area contributed by atoms with Gasteiger partial charge in [-0.25, -0.2) is 0 Å². The Morgan fingerprint density at radius 2 is 2.29 bits per heavy atom. The predicted molar refractivity (Wildman–Crippen MR) is 66.0 cm³/mol. The van der Waals surface area contributed by atoms with Gasteiger partial charge in [-0.05, 0) is 52.3 Å². The van der Waals surface area contributed by atoms with Gasteiger partial charge in [0.2, 0.25) is 0 Å². The van der Waals surface area contributed by atoms with Crippen molar-refractivity contribution in [3.05, 3.63) is 20.8 Å². The van der Waals surface area contributed by atoms with Crippen molar-refractivity contribution in [2.75, 3.05) is 13.6 Å². The highest BCUT2D eigenvalue weighted by Gasteiger charge is 2.58. The first-order chi connectivity index (χ1) is 6.59. The van der Waals surface area contributed by atoms with Crippen LogP contribution in [-0.4, -0.2) is 13.6 Å². The van der Waals surface area contributed by atoms with Crippen molar-refractivity contribution in [3.8, 4) is 0 Å². The number of hydrogen-bond donors (Lipinski definition) is 1. The topological polar surface area (TPSA) is 12.0 Å². The van der Waals surface area contributed by atoms with Gasteiger partial charge in [0.25, 0.3) is 0 Å². The van der Waals surface area contributed by atoms with Crippen LogP contribution in [0.5, 0.6) is 0 Å². The summed E-state index contributed by atoms with van der Waals surface area (Å²) in [7, 11) is 2.04. The van der Waals surface area contributed by atoms with E-state index in [1.165, 1.54) is 9.35 Å². The number of thiophene rings is 1. The Labute approximate surface area is 98.0 Å². The molecule has 1 heterocycles. The van der Waals surface area contributed by atoms with E-state index in [1.807, 2.05) is 18.4 Å². The average molecular weight is 274 g/mol. The van der Waals surface area contributed by atoms with Crippen molar-refractivity contribution in [3.63, 3.8) is 0 Å². The molecule has 0 radical (unpaired) electrons. The minimum Gasteiger partial charge on any atom is -0.319 e. The standard InChI is InChI=1S/C11H16BrNS/c1-11(2)7(6-13-3)9(11)10-8(12)4-5-14-10/h4-5,7,9,13H,6H2,1-3H3. The molecule has 0 bridgehead atoms. The quantitative estimate of drug-likeness (QED) is 0.890. The van der Waals surface area contributed by atoms with E-state index >= 15 is 0 Å². The molecule has 0 spiro atoms. The average Bonchev–Trinajstić information content (AvgIpc) is 2.46. The molecular formula is C11H16BrNS. The summed E-state index contributed by atoms with van der Waals surface area (Å²) in [5.74, 6) is 1.53. The Bertz CT molecular complexity index is 332. The van der Waals surface area contributed by atoms with E-state index in [9.17, 15) is 0 Å². The molecule has 1 aliphatic rings. The zero-order valence-electron chi connectivity index (χ0n) is 8.80. The SMILES string of the molecule is CNCC1C(c2sccc2Br)C1(C)C. The van der Waals surface area contributed by atoms with Gasteiger partial charge in [0.15, 0.2) is 0 Å². The van der Waals surface area contributed by atoms with E-state index in [2.05, 4.69) is 46.5 Å². The van der Waals surface area contributed by atoms with Crippen LogP contribution >= 0.6 is 27.3 Å². The van der Waals surface area contributed by atoms with Crippen LogP contribution in [0.15, 0.2) is 15.9 Å². The lowest BCUT2D eigenvalue weighted by atomic mass is 10.1. The van der Waals surface area contributed by atoms with E-state index in [1.54, 1.807) is 0 Å². The highest BCUT2D eigenvalue weighted by atomic mass is 79.9. The normalized spacial score (nSPS) is 29.1. The molecular weight excluding hydrogens is 258 g/mol. The molecule has 1 nitrogen and oxygen atoms in total. The van der Waals surface area contributed by atoms with Crippen molar-refractivity contribution in [2.24, 2.45) is 11.3 Å². The lowest BCUT2D eigenvalue weighted by Crippen LogP contribution is -2.12. The highest BCUT2D eigenvalue weighted by molar-refractivity contribution is 9.10. The Morgan fingerprint density at radius 3 is 2.79 bits per heavy atom. The lowest BCUT2D eigenvalue weighted by molar-refractivity contribution is 0.537. The van der Waals surface area contributed by atoms with Crippen LogP contribution in [0.25, 0.3) is 0 Å². The van der Waals surface area contributed by atoms with Gasteiger partial charge in [-0.1, -0.05) is 13.8 Å². The molecule has 1 saturated carbocycles. The Morgan fingerprint density at radius 1 is 1.57 bits per heavy atom. The monoisotopic (exact) mass is 273 g/mol. The first kappa shape index (κ1) is 10.7. The van der Waals surface area contributed by atoms with Crippen molar-refractivity contribution in [2.45, 2.75) is 19.8 Å². The van der Waals surface area contributed by atoms with Crippen molar-refractivity contribution < 1.29 is 0 Å². The lowest BCUT2D eigenvalue weighted by Gasteiger charge is -2.00. The summed E-state index contributed by atoms with van der Waals surface area (Å²) in [5.41, 5.74) is 0.469. The summed E-state index contributed by atoms with van der Waals surface area (Å²) >= 11 is 5.50. The maximum atomic E-state index is 3.63. The molecule has 2 atom stereocenters. The molecule has 0 aromatic carbocycles. The molecule has 14 heavy (non-hydrogen) atoms. The summed E-state index contributed by atoms with van der Waals surface area (Å²) in [6.45, 7) is 5.86. The van der Waals surface area contributed by atoms with Crippen molar-refractivity contribution >= 4 is 27.3 Å². The van der Waals surface area contributed by atoms with Gasteiger partial charge in [-0.15, -0.1) is 11.3 Å². The van der Waals surface area contributed by atoms with E-state index in [4.69, 9.17) is 0 Å². The van der Waals surface area contributed by atoms with Crippen molar-refractivity contribution in [1.82, 2.24) is 5.32 Å². The van der Waals surface area contributed by atoms with Gasteiger partial charge < -0.3 is 5.32 Å². The summed E-state index contributed by atoms with van der Waals surface area (Å²) in [4.78, 5) is 1.52. The largest absolute Gasteiger partial charge is 0.319 e. The molecule has 0 amide bonds. The number of rotatable bonds is 3. The Kier molecular flexibility index (Phi) is 2.75. The first-order valence-corrected chi connectivity index (χ1v) is 6.63. The second-order valence-corrected chi connectivity index (χ2v) is 6.40. The molecule has 1 fully saturated rings. The minimum atomic E-state index is 0.469. The fourth-order valence-electron chi connectivity index (χ4n) is 2.39. The predicted octanol–water partition coefficient (Wildman–Crippen LogP) is 3.47. The van der Waals surface area contributed by atoms with Gasteiger partial charge in [0, 0.05) is 15.3 Å². The van der Waals surface area contributed by atoms with E-state index in [0.717, 1.165) is 18.4 Å². The first-order valence-electron chi connectivity index (χ1n) is 4.96. The third-order valence-corrected chi connectivity index (χ3v) is 5.36. The third-order valence-electron chi connectivity index (χ3n) is 3.40. The summed E-state index contributed by atoms with van der Waals surface area (Å²) in [6, 6.07) is 2.16. The second-order valence-electron chi connectivity index (χ2n) is 4.60. The van der Waals surface area contributed by atoms with Gasteiger partial charge in [-0.2, -0.15) is 0 Å². The Balaban J connectivity index is 2.18. The number of nitrogens with one attached hydrogen (secondary N) is 1. The molecule has 2 rings (SSSR count). The summed E-state index contributed by atoms with van der Waals surface area (Å²) in [6.07, 6.45) is 0. The van der Waals surface area contributed by atoms with E-state index in [0.29, 0.717) is 5.41 Å². The third kappa shape index (κ3) is 1.55. The van der Waals surface area contributed by atoms with Crippen LogP contribution in [0.2, 0.25) is 0 Å². The number of halogens is 1. The van der Waals surface area contributed by atoms with Gasteiger partial charge >= 0.3 is 0 Å². The molecule has 78 valence electrons. The van der Waals surface area contributed by atoms with E-state index < -0.39 is 0 Å². The van der Waals surface area contributed by atoms with Crippen LogP contribution in [0.4, 0.5) is 0 Å². The molecule has 2 unspecified atom stereocenters. The fourth-order valence-corrected chi connectivity index (χ4v) is 4.37. The molecule has 1 aromatic rings. The van der Waals surface area contributed by atoms with Crippen LogP contribution < -0.4 is 5.32 Å². The summed E-state index contributed by atoms with van der Waals surface area (Å²) < 4.78 is 1.29. The fraction of sp³-hybridized carbons (Fsp3) is 0.636. The van der Waals surface area contributed by atoms with Crippen LogP contribution in [0, 0.1) is 11.3 Å². The summed E-state index contributed by atoms with van der Waals surface area (Å²) in [5, 5.41) is 5.46. The molecule has 1 N–H and O–H groups in total. The highest BCUT2D eigenvalue weighted by Crippen LogP contribution is 2.65. The van der Waals surface area contributed by atoms with Crippen LogP contribution in [0.1, 0.15) is 24.6 Å². The zero-order valence-corrected chi connectivity index (χ0v) is 11.2. The van der Waals surface area contributed by atoms with Crippen molar-refractivity contribution in [1.29, 1.82) is 0 Å². The minimum absolute atomic E-state index is 0.469. The van der Waals surface area contributed by atoms with Gasteiger partial charge in [0.1, 0.15) is 0 Å².